The topological polar surface area (TPSA) is 34.1 Å². The standard InChI is InChI=1S/C15H24N2OS/c1-3-12(18-2)15-17-14-10(9-16-11-7-8-11)5-4-6-13(14)19-15/h10-12,16H,3-9H2,1-2H3. The minimum absolute atomic E-state index is 0.188. The number of hydrogen-bond acceptors (Lipinski definition) is 4. The van der Waals surface area contributed by atoms with Crippen molar-refractivity contribution in [3.05, 3.63) is 15.6 Å². The Balaban J connectivity index is 1.74. The van der Waals surface area contributed by atoms with Crippen LogP contribution in [0, 0.1) is 0 Å². The van der Waals surface area contributed by atoms with Crippen molar-refractivity contribution in [1.82, 2.24) is 10.3 Å². The Bertz CT molecular complexity index is 424. The van der Waals surface area contributed by atoms with Crippen LogP contribution in [0.15, 0.2) is 0 Å². The average Bonchev–Trinajstić information content (AvgIpc) is 3.15. The van der Waals surface area contributed by atoms with E-state index in [0.29, 0.717) is 5.92 Å². The maximum Gasteiger partial charge on any atom is 0.122 e. The summed E-state index contributed by atoms with van der Waals surface area (Å²) in [6.45, 7) is 3.28. The molecule has 3 nitrogen and oxygen atoms in total. The molecule has 1 fully saturated rings. The highest BCUT2D eigenvalue weighted by Crippen LogP contribution is 2.37. The third-order valence-corrected chi connectivity index (χ3v) is 5.47. The largest absolute Gasteiger partial charge is 0.374 e. The summed E-state index contributed by atoms with van der Waals surface area (Å²) in [6.07, 6.45) is 7.75. The van der Waals surface area contributed by atoms with Crippen LogP contribution in [0.3, 0.4) is 0 Å². The fraction of sp³-hybridized carbons (Fsp3) is 0.800. The van der Waals surface area contributed by atoms with E-state index in [0.717, 1.165) is 19.0 Å². The molecule has 2 aliphatic rings. The number of aryl methyl sites for hydroxylation is 1. The fourth-order valence-corrected chi connectivity index (χ4v) is 4.26. The van der Waals surface area contributed by atoms with Gasteiger partial charge in [0.1, 0.15) is 11.1 Å². The van der Waals surface area contributed by atoms with Crippen LogP contribution in [0.4, 0.5) is 0 Å². The van der Waals surface area contributed by atoms with Crippen molar-refractivity contribution in [2.75, 3.05) is 13.7 Å². The molecule has 0 saturated heterocycles. The summed E-state index contributed by atoms with van der Waals surface area (Å²) >= 11 is 1.88. The number of methoxy groups -OCH3 is 1. The number of ether oxygens (including phenoxy) is 1. The lowest BCUT2D eigenvalue weighted by Gasteiger charge is -2.21. The zero-order valence-corrected chi connectivity index (χ0v) is 12.8. The van der Waals surface area contributed by atoms with Gasteiger partial charge >= 0.3 is 0 Å². The Labute approximate surface area is 119 Å². The first-order valence-electron chi connectivity index (χ1n) is 7.57. The Hall–Kier alpha value is -0.450. The first-order chi connectivity index (χ1) is 9.31. The molecule has 2 unspecified atom stereocenters. The van der Waals surface area contributed by atoms with Gasteiger partial charge in [-0.2, -0.15) is 0 Å². The van der Waals surface area contributed by atoms with Gasteiger partial charge in [-0.15, -0.1) is 11.3 Å². The second kappa shape index (κ2) is 5.90. The predicted molar refractivity (Wildman–Crippen MR) is 78.9 cm³/mol. The summed E-state index contributed by atoms with van der Waals surface area (Å²) in [5.41, 5.74) is 1.37. The monoisotopic (exact) mass is 280 g/mol. The molecular weight excluding hydrogens is 256 g/mol. The molecule has 2 aliphatic carbocycles. The lowest BCUT2D eigenvalue weighted by atomic mass is 9.91. The Morgan fingerprint density at radius 2 is 2.26 bits per heavy atom. The second-order valence-electron chi connectivity index (χ2n) is 5.76. The number of aromatic nitrogens is 1. The summed E-state index contributed by atoms with van der Waals surface area (Å²) in [7, 11) is 1.79. The zero-order chi connectivity index (χ0) is 13.2. The van der Waals surface area contributed by atoms with Crippen molar-refractivity contribution in [3.63, 3.8) is 0 Å². The number of thiazole rings is 1. The number of fused-ring (bicyclic) bond motifs is 1. The van der Waals surface area contributed by atoms with Gasteiger partial charge in [-0.1, -0.05) is 6.92 Å². The molecule has 4 heteroatoms. The minimum Gasteiger partial charge on any atom is -0.374 e. The van der Waals surface area contributed by atoms with Gasteiger partial charge in [-0.25, -0.2) is 4.98 Å². The van der Waals surface area contributed by atoms with E-state index in [2.05, 4.69) is 12.2 Å². The highest BCUT2D eigenvalue weighted by Gasteiger charge is 2.28. The van der Waals surface area contributed by atoms with Gasteiger partial charge in [0.05, 0.1) is 5.69 Å². The minimum atomic E-state index is 0.188. The van der Waals surface area contributed by atoms with E-state index in [1.807, 2.05) is 11.3 Å². The van der Waals surface area contributed by atoms with Crippen LogP contribution in [0.1, 0.15) is 66.6 Å². The first kappa shape index (κ1) is 13.5. The molecule has 0 amide bonds. The van der Waals surface area contributed by atoms with Gasteiger partial charge in [0.25, 0.3) is 0 Å². The van der Waals surface area contributed by atoms with Crippen LogP contribution in [-0.4, -0.2) is 24.7 Å². The number of hydrogen-bond donors (Lipinski definition) is 1. The Morgan fingerprint density at radius 1 is 1.42 bits per heavy atom. The number of rotatable bonds is 6. The molecule has 0 bridgehead atoms. The van der Waals surface area contributed by atoms with Gasteiger partial charge < -0.3 is 10.1 Å². The highest BCUT2D eigenvalue weighted by molar-refractivity contribution is 7.11. The van der Waals surface area contributed by atoms with Gasteiger partial charge in [0.15, 0.2) is 0 Å². The highest BCUT2D eigenvalue weighted by atomic mass is 32.1. The van der Waals surface area contributed by atoms with Crippen molar-refractivity contribution in [3.8, 4) is 0 Å². The molecule has 2 atom stereocenters. The van der Waals surface area contributed by atoms with E-state index in [1.165, 1.54) is 47.7 Å². The smallest absolute Gasteiger partial charge is 0.122 e. The molecule has 1 aromatic heterocycles. The summed E-state index contributed by atoms with van der Waals surface area (Å²) in [5.74, 6) is 0.628. The van der Waals surface area contributed by atoms with Crippen molar-refractivity contribution >= 4 is 11.3 Å². The number of nitrogens with one attached hydrogen (secondary N) is 1. The average molecular weight is 280 g/mol. The van der Waals surface area contributed by atoms with Crippen molar-refractivity contribution in [1.29, 1.82) is 0 Å². The van der Waals surface area contributed by atoms with Crippen LogP contribution in [-0.2, 0) is 11.2 Å². The quantitative estimate of drug-likeness (QED) is 0.867. The molecule has 0 aromatic carbocycles. The Kier molecular flexibility index (Phi) is 4.20. The van der Waals surface area contributed by atoms with Crippen LogP contribution < -0.4 is 5.32 Å². The molecule has 3 rings (SSSR count). The molecule has 19 heavy (non-hydrogen) atoms. The summed E-state index contributed by atoms with van der Waals surface area (Å²) in [5, 5.41) is 4.86. The number of nitrogens with zero attached hydrogens (tertiary/aromatic N) is 1. The van der Waals surface area contributed by atoms with Gasteiger partial charge in [0.2, 0.25) is 0 Å². The lowest BCUT2D eigenvalue weighted by molar-refractivity contribution is 0.0996. The summed E-state index contributed by atoms with van der Waals surface area (Å²) in [4.78, 5) is 6.44. The van der Waals surface area contributed by atoms with Crippen LogP contribution in [0.2, 0.25) is 0 Å². The van der Waals surface area contributed by atoms with Gasteiger partial charge in [-0.3, -0.25) is 0 Å². The third kappa shape index (κ3) is 3.01. The van der Waals surface area contributed by atoms with Crippen molar-refractivity contribution in [2.45, 2.75) is 63.5 Å². The molecule has 106 valence electrons. The third-order valence-electron chi connectivity index (χ3n) is 4.25. The molecule has 1 aromatic rings. The van der Waals surface area contributed by atoms with E-state index in [1.54, 1.807) is 7.11 Å². The van der Waals surface area contributed by atoms with E-state index >= 15 is 0 Å². The van der Waals surface area contributed by atoms with Crippen molar-refractivity contribution < 1.29 is 4.74 Å². The molecule has 1 N–H and O–H groups in total. The summed E-state index contributed by atoms with van der Waals surface area (Å²) in [6, 6.07) is 0.797. The predicted octanol–water partition coefficient (Wildman–Crippen LogP) is 3.41. The lowest BCUT2D eigenvalue weighted by Crippen LogP contribution is -2.25. The first-order valence-corrected chi connectivity index (χ1v) is 8.39. The van der Waals surface area contributed by atoms with E-state index in [9.17, 15) is 0 Å². The van der Waals surface area contributed by atoms with E-state index < -0.39 is 0 Å². The Morgan fingerprint density at radius 3 is 2.95 bits per heavy atom. The van der Waals surface area contributed by atoms with Crippen molar-refractivity contribution in [2.24, 2.45) is 0 Å². The molecule has 0 radical (unpaired) electrons. The SMILES string of the molecule is CCC(OC)c1nc2c(s1)CCCC2CNC1CC1. The van der Waals surface area contributed by atoms with Gasteiger partial charge in [-0.05, 0) is 38.5 Å². The van der Waals surface area contributed by atoms with E-state index in [4.69, 9.17) is 9.72 Å². The van der Waals surface area contributed by atoms with Gasteiger partial charge in [0, 0.05) is 30.5 Å². The van der Waals surface area contributed by atoms with Crippen LogP contribution >= 0.6 is 11.3 Å². The molecular formula is C15H24N2OS. The zero-order valence-electron chi connectivity index (χ0n) is 11.9. The molecule has 0 aliphatic heterocycles. The molecule has 1 heterocycles. The van der Waals surface area contributed by atoms with E-state index in [-0.39, 0.29) is 6.10 Å². The molecule has 1 saturated carbocycles. The normalized spacial score (nSPS) is 24.2. The second-order valence-corrected chi connectivity index (χ2v) is 6.88. The maximum absolute atomic E-state index is 5.54. The fourth-order valence-electron chi connectivity index (χ4n) is 2.90. The van der Waals surface area contributed by atoms with Crippen LogP contribution in [0.5, 0.6) is 0 Å². The molecule has 0 spiro atoms. The van der Waals surface area contributed by atoms with Crippen LogP contribution in [0.25, 0.3) is 0 Å². The maximum atomic E-state index is 5.54. The summed E-state index contributed by atoms with van der Waals surface area (Å²) < 4.78 is 5.54.